The second-order valence-corrected chi connectivity index (χ2v) is 5.19. The molecule has 0 saturated heterocycles. The summed E-state index contributed by atoms with van der Waals surface area (Å²) in [6.07, 6.45) is 3.02. The summed E-state index contributed by atoms with van der Waals surface area (Å²) in [5.41, 5.74) is 1.22. The molecule has 0 saturated carbocycles. The Balaban J connectivity index is 2.33. The standard InChI is InChI=1S/C17H28N2O2/c1-4-11-18-12-14-7-9-16(10-8-14)21-13-17(20)19-15(5-2)6-3/h7-10,15,18H,4-6,11-13H2,1-3H3,(H,19,20). The van der Waals surface area contributed by atoms with Gasteiger partial charge in [0.05, 0.1) is 0 Å². The van der Waals surface area contributed by atoms with Crippen LogP contribution in [0.3, 0.4) is 0 Å². The van der Waals surface area contributed by atoms with E-state index in [2.05, 4.69) is 31.4 Å². The van der Waals surface area contributed by atoms with Gasteiger partial charge in [-0.1, -0.05) is 32.9 Å². The Morgan fingerprint density at radius 3 is 2.38 bits per heavy atom. The van der Waals surface area contributed by atoms with Crippen LogP contribution in [0.2, 0.25) is 0 Å². The van der Waals surface area contributed by atoms with Crippen molar-refractivity contribution in [2.75, 3.05) is 13.2 Å². The van der Waals surface area contributed by atoms with Crippen LogP contribution in [-0.2, 0) is 11.3 Å². The van der Waals surface area contributed by atoms with Gasteiger partial charge in [0.1, 0.15) is 5.75 Å². The summed E-state index contributed by atoms with van der Waals surface area (Å²) in [6, 6.07) is 8.11. The normalized spacial score (nSPS) is 10.7. The third-order valence-corrected chi connectivity index (χ3v) is 3.40. The van der Waals surface area contributed by atoms with E-state index in [-0.39, 0.29) is 18.6 Å². The second kappa shape index (κ2) is 10.2. The third-order valence-electron chi connectivity index (χ3n) is 3.40. The molecule has 0 bridgehead atoms. The lowest BCUT2D eigenvalue weighted by atomic mass is 10.2. The lowest BCUT2D eigenvalue weighted by Crippen LogP contribution is -2.37. The van der Waals surface area contributed by atoms with Crippen LogP contribution in [0.15, 0.2) is 24.3 Å². The molecule has 0 fully saturated rings. The molecule has 4 nitrogen and oxygen atoms in total. The van der Waals surface area contributed by atoms with Gasteiger partial charge in [0.15, 0.2) is 6.61 Å². The van der Waals surface area contributed by atoms with Crippen molar-refractivity contribution >= 4 is 5.91 Å². The van der Waals surface area contributed by atoms with E-state index in [1.807, 2.05) is 24.3 Å². The van der Waals surface area contributed by atoms with Gasteiger partial charge in [0.2, 0.25) is 0 Å². The minimum absolute atomic E-state index is 0.0580. The first kappa shape index (κ1) is 17.5. The van der Waals surface area contributed by atoms with Gasteiger partial charge in [-0.05, 0) is 43.5 Å². The number of carbonyl (C=O) groups excluding carboxylic acids is 1. The van der Waals surface area contributed by atoms with Crippen molar-refractivity contribution < 1.29 is 9.53 Å². The number of hydrogen-bond acceptors (Lipinski definition) is 3. The average Bonchev–Trinajstić information content (AvgIpc) is 2.52. The zero-order chi connectivity index (χ0) is 15.5. The molecule has 21 heavy (non-hydrogen) atoms. The summed E-state index contributed by atoms with van der Waals surface area (Å²) in [5.74, 6) is 0.673. The molecular weight excluding hydrogens is 264 g/mol. The first-order valence-corrected chi connectivity index (χ1v) is 7.91. The van der Waals surface area contributed by atoms with Gasteiger partial charge in [-0.15, -0.1) is 0 Å². The Bertz CT molecular complexity index is 400. The number of benzene rings is 1. The van der Waals surface area contributed by atoms with Gasteiger partial charge >= 0.3 is 0 Å². The van der Waals surface area contributed by atoms with E-state index >= 15 is 0 Å². The maximum absolute atomic E-state index is 11.7. The first-order valence-electron chi connectivity index (χ1n) is 7.91. The summed E-state index contributed by atoms with van der Waals surface area (Å²) in [7, 11) is 0. The smallest absolute Gasteiger partial charge is 0.258 e. The fourth-order valence-corrected chi connectivity index (χ4v) is 2.02. The fourth-order valence-electron chi connectivity index (χ4n) is 2.02. The monoisotopic (exact) mass is 292 g/mol. The average molecular weight is 292 g/mol. The predicted molar refractivity (Wildman–Crippen MR) is 86.4 cm³/mol. The summed E-state index contributed by atoms with van der Waals surface area (Å²) < 4.78 is 5.51. The highest BCUT2D eigenvalue weighted by Gasteiger charge is 2.08. The van der Waals surface area contributed by atoms with E-state index < -0.39 is 0 Å². The molecule has 1 rings (SSSR count). The minimum Gasteiger partial charge on any atom is -0.484 e. The highest BCUT2D eigenvalue weighted by atomic mass is 16.5. The Hall–Kier alpha value is -1.55. The Kier molecular flexibility index (Phi) is 8.51. The van der Waals surface area contributed by atoms with Gasteiger partial charge in [-0.3, -0.25) is 4.79 Å². The molecule has 0 aliphatic rings. The molecule has 0 aliphatic heterocycles. The van der Waals surface area contributed by atoms with Gasteiger partial charge < -0.3 is 15.4 Å². The number of amides is 1. The van der Waals surface area contributed by atoms with E-state index in [4.69, 9.17) is 4.74 Å². The lowest BCUT2D eigenvalue weighted by Gasteiger charge is -2.15. The van der Waals surface area contributed by atoms with E-state index in [9.17, 15) is 4.79 Å². The molecule has 0 heterocycles. The van der Waals surface area contributed by atoms with Gasteiger partial charge in [0, 0.05) is 12.6 Å². The molecule has 1 aromatic rings. The van der Waals surface area contributed by atoms with Crippen molar-refractivity contribution in [3.8, 4) is 5.75 Å². The van der Waals surface area contributed by atoms with Crippen LogP contribution in [0, 0.1) is 0 Å². The maximum atomic E-state index is 11.7. The topological polar surface area (TPSA) is 50.4 Å². The molecular formula is C17H28N2O2. The molecule has 2 N–H and O–H groups in total. The molecule has 1 amide bonds. The molecule has 0 spiro atoms. The zero-order valence-corrected chi connectivity index (χ0v) is 13.4. The molecule has 1 aromatic carbocycles. The Morgan fingerprint density at radius 2 is 1.81 bits per heavy atom. The number of nitrogens with one attached hydrogen (secondary N) is 2. The van der Waals surface area contributed by atoms with E-state index in [0.29, 0.717) is 0 Å². The minimum atomic E-state index is -0.0580. The Labute approximate surface area is 128 Å². The summed E-state index contributed by atoms with van der Waals surface area (Å²) in [6.45, 7) is 8.25. The summed E-state index contributed by atoms with van der Waals surface area (Å²) in [5, 5.41) is 6.31. The predicted octanol–water partition coefficient (Wildman–Crippen LogP) is 2.87. The lowest BCUT2D eigenvalue weighted by molar-refractivity contribution is -0.123. The number of carbonyl (C=O) groups is 1. The van der Waals surface area contributed by atoms with Crippen LogP contribution >= 0.6 is 0 Å². The number of ether oxygens (including phenoxy) is 1. The molecule has 4 heteroatoms. The maximum Gasteiger partial charge on any atom is 0.258 e. The number of rotatable bonds is 10. The largest absolute Gasteiger partial charge is 0.484 e. The van der Waals surface area contributed by atoms with Crippen LogP contribution in [0.25, 0.3) is 0 Å². The second-order valence-electron chi connectivity index (χ2n) is 5.19. The molecule has 0 aromatic heterocycles. The quantitative estimate of drug-likeness (QED) is 0.652. The number of hydrogen-bond donors (Lipinski definition) is 2. The van der Waals surface area contributed by atoms with Crippen molar-refractivity contribution in [2.24, 2.45) is 0 Å². The summed E-state index contributed by atoms with van der Waals surface area (Å²) >= 11 is 0. The van der Waals surface area contributed by atoms with E-state index in [1.165, 1.54) is 5.56 Å². The van der Waals surface area contributed by atoms with Crippen LogP contribution in [0.5, 0.6) is 5.75 Å². The molecule has 0 atom stereocenters. The highest BCUT2D eigenvalue weighted by Crippen LogP contribution is 2.12. The molecule has 0 aliphatic carbocycles. The van der Waals surface area contributed by atoms with Gasteiger partial charge in [-0.2, -0.15) is 0 Å². The van der Waals surface area contributed by atoms with Gasteiger partial charge in [-0.25, -0.2) is 0 Å². The zero-order valence-electron chi connectivity index (χ0n) is 13.4. The van der Waals surface area contributed by atoms with Crippen molar-refractivity contribution in [3.63, 3.8) is 0 Å². The van der Waals surface area contributed by atoms with Gasteiger partial charge in [0.25, 0.3) is 5.91 Å². The summed E-state index contributed by atoms with van der Waals surface area (Å²) in [4.78, 5) is 11.7. The highest BCUT2D eigenvalue weighted by molar-refractivity contribution is 5.77. The van der Waals surface area contributed by atoms with Crippen molar-refractivity contribution in [2.45, 2.75) is 52.6 Å². The first-order chi connectivity index (χ1) is 10.2. The molecule has 118 valence electrons. The molecule has 0 unspecified atom stereocenters. The fraction of sp³-hybridized carbons (Fsp3) is 0.588. The third kappa shape index (κ3) is 7.14. The van der Waals surface area contributed by atoms with Crippen LogP contribution in [0.4, 0.5) is 0 Å². The van der Waals surface area contributed by atoms with Crippen molar-refractivity contribution in [1.29, 1.82) is 0 Å². The van der Waals surface area contributed by atoms with E-state index in [1.54, 1.807) is 0 Å². The SMILES string of the molecule is CCCNCc1ccc(OCC(=O)NC(CC)CC)cc1. The van der Waals surface area contributed by atoms with Crippen molar-refractivity contribution in [1.82, 2.24) is 10.6 Å². The van der Waals surface area contributed by atoms with Crippen LogP contribution < -0.4 is 15.4 Å². The molecule has 0 radical (unpaired) electrons. The van der Waals surface area contributed by atoms with E-state index in [0.717, 1.165) is 38.1 Å². The van der Waals surface area contributed by atoms with Crippen molar-refractivity contribution in [3.05, 3.63) is 29.8 Å². The van der Waals surface area contributed by atoms with Crippen LogP contribution in [0.1, 0.15) is 45.6 Å². The Morgan fingerprint density at radius 1 is 1.14 bits per heavy atom. The van der Waals surface area contributed by atoms with Crippen LogP contribution in [-0.4, -0.2) is 25.1 Å².